The van der Waals surface area contributed by atoms with E-state index in [2.05, 4.69) is 65.3 Å². The molecule has 2 nitrogen and oxygen atoms in total. The van der Waals surface area contributed by atoms with Crippen molar-refractivity contribution in [3.63, 3.8) is 0 Å². The highest BCUT2D eigenvalue weighted by Gasteiger charge is 2.14. The minimum Gasteiger partial charge on any atom is -0.230 e. The maximum atomic E-state index is 2.41. The highest BCUT2D eigenvalue weighted by molar-refractivity contribution is 7.98. The van der Waals surface area contributed by atoms with Crippen LogP contribution in [0.3, 0.4) is 0 Å². The highest BCUT2D eigenvalue weighted by Crippen LogP contribution is 2.14. The van der Waals surface area contributed by atoms with E-state index in [0.29, 0.717) is 0 Å². The van der Waals surface area contributed by atoms with Gasteiger partial charge in [-0.05, 0) is 30.7 Å². The zero-order valence-electron chi connectivity index (χ0n) is 13.6. The summed E-state index contributed by atoms with van der Waals surface area (Å²) in [7, 11) is 0. The van der Waals surface area contributed by atoms with Gasteiger partial charge < -0.3 is 0 Å². The van der Waals surface area contributed by atoms with Crippen molar-refractivity contribution in [2.24, 2.45) is 0 Å². The summed E-state index contributed by atoms with van der Waals surface area (Å²) in [6.07, 6.45) is 10.2. The average Bonchev–Trinajstić information content (AvgIpc) is 2.87. The molecule has 0 bridgehead atoms. The lowest BCUT2D eigenvalue weighted by Crippen LogP contribution is -2.30. The molecule has 1 aromatic heterocycles. The van der Waals surface area contributed by atoms with Crippen molar-refractivity contribution in [1.82, 2.24) is 4.57 Å². The van der Waals surface area contributed by atoms with Crippen LogP contribution in [0.5, 0.6) is 0 Å². The van der Waals surface area contributed by atoms with E-state index in [0.717, 1.165) is 12.4 Å². The van der Waals surface area contributed by atoms with E-state index in [-0.39, 0.29) is 0 Å². The van der Waals surface area contributed by atoms with Crippen molar-refractivity contribution < 1.29 is 4.57 Å². The number of aromatic nitrogens is 2. The average molecular weight is 306 g/mol. The van der Waals surface area contributed by atoms with Crippen molar-refractivity contribution in [2.75, 3.05) is 5.75 Å². The number of para-hydroxylation sites is 2. The Balaban J connectivity index is 1.95. The predicted octanol–water partition coefficient (Wildman–Crippen LogP) is 5.00. The number of unbranched alkanes of at least 4 members (excludes halogenated alkanes) is 4. The maximum Gasteiger partial charge on any atom is 0.245 e. The minimum absolute atomic E-state index is 1.08. The normalized spacial score (nSPS) is 11.3. The van der Waals surface area contributed by atoms with Crippen molar-refractivity contribution in [3.8, 4) is 0 Å². The van der Waals surface area contributed by atoms with Gasteiger partial charge in [0.2, 0.25) is 6.33 Å². The van der Waals surface area contributed by atoms with E-state index in [1.807, 2.05) is 0 Å². The molecule has 2 aromatic rings. The second-order valence-electron chi connectivity index (χ2n) is 5.72. The fourth-order valence-corrected chi connectivity index (χ4v) is 3.59. The molecule has 0 unspecified atom stereocenters. The first-order valence-electron chi connectivity index (χ1n) is 8.41. The van der Waals surface area contributed by atoms with Gasteiger partial charge in [-0.15, -0.1) is 11.8 Å². The fourth-order valence-electron chi connectivity index (χ4n) is 2.65. The van der Waals surface area contributed by atoms with E-state index in [1.54, 1.807) is 0 Å². The number of benzene rings is 1. The molecule has 0 N–H and O–H groups in total. The summed E-state index contributed by atoms with van der Waals surface area (Å²) < 4.78 is 4.83. The topological polar surface area (TPSA) is 8.81 Å². The summed E-state index contributed by atoms with van der Waals surface area (Å²) in [5, 5.41) is 0. The first kappa shape index (κ1) is 16.4. The number of rotatable bonds is 10. The standard InChI is InChI=1S/C18H29N2S/c1-3-5-7-10-14-21-16-20-15-19(13-6-4-2)17-11-8-9-12-18(17)20/h8-9,11-12,15H,3-7,10,13-14,16H2,1-2H3/q+1. The summed E-state index contributed by atoms with van der Waals surface area (Å²) >= 11 is 2.06. The van der Waals surface area contributed by atoms with Gasteiger partial charge in [-0.3, -0.25) is 0 Å². The van der Waals surface area contributed by atoms with Gasteiger partial charge in [0, 0.05) is 0 Å². The number of thioether (sulfide) groups is 1. The van der Waals surface area contributed by atoms with Crippen molar-refractivity contribution in [1.29, 1.82) is 0 Å². The molecule has 0 saturated heterocycles. The van der Waals surface area contributed by atoms with Crippen molar-refractivity contribution in [2.45, 2.75) is 64.8 Å². The number of nitrogens with zero attached hydrogens (tertiary/aromatic N) is 2. The van der Waals surface area contributed by atoms with E-state index >= 15 is 0 Å². The Labute approximate surface area is 133 Å². The zero-order chi connectivity index (χ0) is 14.9. The molecular weight excluding hydrogens is 276 g/mol. The Morgan fingerprint density at radius 2 is 1.81 bits per heavy atom. The summed E-state index contributed by atoms with van der Waals surface area (Å²) in [5.74, 6) is 2.35. The van der Waals surface area contributed by atoms with Crippen LogP contribution in [0.4, 0.5) is 0 Å². The summed E-state index contributed by atoms with van der Waals surface area (Å²) in [6, 6.07) is 8.78. The van der Waals surface area contributed by atoms with Gasteiger partial charge in [0.15, 0.2) is 11.0 Å². The molecule has 0 radical (unpaired) electrons. The molecule has 0 fully saturated rings. The number of imidazole rings is 1. The predicted molar refractivity (Wildman–Crippen MR) is 93.6 cm³/mol. The summed E-state index contributed by atoms with van der Waals surface area (Å²) in [5.41, 5.74) is 2.74. The number of hydrogen-bond donors (Lipinski definition) is 0. The molecule has 0 spiro atoms. The summed E-state index contributed by atoms with van der Waals surface area (Å²) in [4.78, 5) is 0. The van der Waals surface area contributed by atoms with Crippen LogP contribution >= 0.6 is 11.8 Å². The quantitative estimate of drug-likeness (QED) is 0.443. The van der Waals surface area contributed by atoms with Crippen LogP contribution in [0.15, 0.2) is 30.6 Å². The minimum atomic E-state index is 1.08. The fraction of sp³-hybridized carbons (Fsp3) is 0.611. The van der Waals surface area contributed by atoms with Crippen LogP contribution in [-0.2, 0) is 12.4 Å². The Morgan fingerprint density at radius 3 is 2.62 bits per heavy atom. The number of aryl methyl sites for hydroxylation is 1. The first-order chi connectivity index (χ1) is 10.4. The Kier molecular flexibility index (Phi) is 7.14. The highest BCUT2D eigenvalue weighted by atomic mass is 32.2. The van der Waals surface area contributed by atoms with Gasteiger partial charge in [0.25, 0.3) is 0 Å². The van der Waals surface area contributed by atoms with Crippen molar-refractivity contribution >= 4 is 22.8 Å². The van der Waals surface area contributed by atoms with Crippen LogP contribution in [-0.4, -0.2) is 10.3 Å². The third-order valence-corrected chi connectivity index (χ3v) is 4.94. The Morgan fingerprint density at radius 1 is 1.00 bits per heavy atom. The molecule has 0 aliphatic heterocycles. The van der Waals surface area contributed by atoms with Gasteiger partial charge >= 0.3 is 0 Å². The third-order valence-electron chi connectivity index (χ3n) is 3.90. The molecule has 1 heterocycles. The zero-order valence-corrected chi connectivity index (χ0v) is 14.4. The lowest BCUT2D eigenvalue weighted by Gasteiger charge is -1.99. The van der Waals surface area contributed by atoms with Gasteiger partial charge in [-0.1, -0.05) is 51.7 Å². The van der Waals surface area contributed by atoms with E-state index in [1.165, 1.54) is 55.3 Å². The molecule has 3 heteroatoms. The van der Waals surface area contributed by atoms with Gasteiger partial charge in [-0.25, -0.2) is 9.13 Å². The van der Waals surface area contributed by atoms with Gasteiger partial charge in [0.1, 0.15) is 5.88 Å². The molecule has 21 heavy (non-hydrogen) atoms. The van der Waals surface area contributed by atoms with Crippen LogP contribution in [0.1, 0.15) is 52.4 Å². The molecule has 116 valence electrons. The van der Waals surface area contributed by atoms with Gasteiger partial charge in [0.05, 0.1) is 6.54 Å². The SMILES string of the molecule is CCCCCCSC[n+]1cn(CCCC)c2ccccc21. The number of fused-ring (bicyclic) bond motifs is 1. The largest absolute Gasteiger partial charge is 0.245 e. The molecule has 0 saturated carbocycles. The lowest BCUT2D eigenvalue weighted by atomic mass is 10.2. The second-order valence-corrected chi connectivity index (χ2v) is 6.79. The molecule has 1 aromatic carbocycles. The van der Waals surface area contributed by atoms with Crippen LogP contribution in [0.2, 0.25) is 0 Å². The Hall–Kier alpha value is -0.960. The van der Waals surface area contributed by atoms with Crippen LogP contribution < -0.4 is 4.57 Å². The molecule has 0 atom stereocenters. The molecule has 0 aliphatic carbocycles. The molecule has 0 amide bonds. The van der Waals surface area contributed by atoms with Crippen LogP contribution in [0, 0.1) is 0 Å². The van der Waals surface area contributed by atoms with E-state index in [9.17, 15) is 0 Å². The second kappa shape index (κ2) is 9.14. The monoisotopic (exact) mass is 305 g/mol. The Bertz CT molecular complexity index is 533. The molecule has 0 aliphatic rings. The smallest absolute Gasteiger partial charge is 0.230 e. The molecule has 2 rings (SSSR count). The van der Waals surface area contributed by atoms with Crippen LogP contribution in [0.25, 0.3) is 11.0 Å². The van der Waals surface area contributed by atoms with E-state index < -0.39 is 0 Å². The van der Waals surface area contributed by atoms with E-state index in [4.69, 9.17) is 0 Å². The maximum absolute atomic E-state index is 2.41. The first-order valence-corrected chi connectivity index (χ1v) is 9.57. The third kappa shape index (κ3) is 4.77. The molecular formula is C18H29N2S+. The summed E-state index contributed by atoms with van der Waals surface area (Å²) in [6.45, 7) is 5.66. The lowest BCUT2D eigenvalue weighted by molar-refractivity contribution is -0.650. The van der Waals surface area contributed by atoms with Crippen molar-refractivity contribution in [3.05, 3.63) is 30.6 Å². The number of hydrogen-bond acceptors (Lipinski definition) is 1. The van der Waals surface area contributed by atoms with Gasteiger partial charge in [-0.2, -0.15) is 0 Å².